The number of piperidine rings is 1. The second-order valence-electron chi connectivity index (χ2n) is 8.02. The molecule has 2 atom stereocenters. The Morgan fingerprint density at radius 1 is 1.00 bits per heavy atom. The first-order chi connectivity index (χ1) is 12.8. The lowest BCUT2D eigenvalue weighted by molar-refractivity contribution is -0.118. The zero-order valence-corrected chi connectivity index (χ0v) is 15.7. The van der Waals surface area contributed by atoms with Crippen molar-refractivity contribution in [1.82, 2.24) is 4.90 Å². The predicted octanol–water partition coefficient (Wildman–Crippen LogP) is 2.97. The quantitative estimate of drug-likeness (QED) is 0.900. The lowest BCUT2D eigenvalue weighted by atomic mass is 9.75. The van der Waals surface area contributed by atoms with Crippen LogP contribution in [-0.4, -0.2) is 56.7 Å². The van der Waals surface area contributed by atoms with Gasteiger partial charge in [-0.2, -0.15) is 0 Å². The standard InChI is InChI=1S/C21H31N3O2/c25-21(16-23-10-9-17-3-1-2-4-18(17)15-23)22-19-5-7-20(8-6-19)24-11-13-26-14-12-24/h5-8,17-18H,1-4,9-16H2,(H,22,25)/t17-,18+/m0/s1. The Kier molecular flexibility index (Phi) is 5.75. The fourth-order valence-electron chi connectivity index (χ4n) is 4.80. The van der Waals surface area contributed by atoms with Gasteiger partial charge in [-0.25, -0.2) is 0 Å². The normalized spacial score (nSPS) is 27.0. The minimum Gasteiger partial charge on any atom is -0.378 e. The molecular formula is C21H31N3O2. The summed E-state index contributed by atoms with van der Waals surface area (Å²) in [6, 6.07) is 8.20. The van der Waals surface area contributed by atoms with Gasteiger partial charge >= 0.3 is 0 Å². The topological polar surface area (TPSA) is 44.8 Å². The van der Waals surface area contributed by atoms with Gasteiger partial charge in [-0.3, -0.25) is 9.69 Å². The summed E-state index contributed by atoms with van der Waals surface area (Å²) in [5, 5.41) is 3.07. The van der Waals surface area contributed by atoms with E-state index in [9.17, 15) is 4.79 Å². The highest BCUT2D eigenvalue weighted by Crippen LogP contribution is 2.35. The number of nitrogens with zero attached hydrogens (tertiary/aromatic N) is 2. The van der Waals surface area contributed by atoms with Crippen LogP contribution in [-0.2, 0) is 9.53 Å². The molecule has 2 heterocycles. The number of hydrogen-bond donors (Lipinski definition) is 1. The summed E-state index contributed by atoms with van der Waals surface area (Å²) in [5.41, 5.74) is 2.09. The molecule has 0 spiro atoms. The first kappa shape index (κ1) is 17.8. The molecule has 0 unspecified atom stereocenters. The summed E-state index contributed by atoms with van der Waals surface area (Å²) in [6.45, 7) is 6.14. The largest absolute Gasteiger partial charge is 0.378 e. The molecule has 2 aliphatic heterocycles. The number of carbonyl (C=O) groups excluding carboxylic acids is 1. The van der Waals surface area contributed by atoms with Crippen molar-refractivity contribution in [3.8, 4) is 0 Å². The van der Waals surface area contributed by atoms with Crippen LogP contribution in [0.1, 0.15) is 32.1 Å². The highest BCUT2D eigenvalue weighted by molar-refractivity contribution is 5.92. The average Bonchev–Trinajstić information content (AvgIpc) is 2.69. The molecule has 3 fully saturated rings. The number of anilines is 2. The first-order valence-electron chi connectivity index (χ1n) is 10.2. The summed E-state index contributed by atoms with van der Waals surface area (Å²) >= 11 is 0. The molecule has 1 aromatic carbocycles. The van der Waals surface area contributed by atoms with Gasteiger partial charge in [0, 0.05) is 31.0 Å². The van der Waals surface area contributed by atoms with Crippen LogP contribution in [0.25, 0.3) is 0 Å². The summed E-state index contributed by atoms with van der Waals surface area (Å²) in [4.78, 5) is 17.1. The highest BCUT2D eigenvalue weighted by Gasteiger charge is 2.31. The van der Waals surface area contributed by atoms with E-state index in [1.165, 1.54) is 37.8 Å². The molecule has 0 aromatic heterocycles. The van der Waals surface area contributed by atoms with E-state index < -0.39 is 0 Å². The van der Waals surface area contributed by atoms with Gasteiger partial charge in [0.2, 0.25) is 5.91 Å². The van der Waals surface area contributed by atoms with E-state index in [1.54, 1.807) is 0 Å². The fourth-order valence-corrected chi connectivity index (χ4v) is 4.80. The average molecular weight is 357 g/mol. The number of benzene rings is 1. The predicted molar refractivity (Wildman–Crippen MR) is 105 cm³/mol. The van der Waals surface area contributed by atoms with Gasteiger partial charge in [0.05, 0.1) is 19.8 Å². The zero-order valence-electron chi connectivity index (χ0n) is 15.7. The number of nitrogens with one attached hydrogen (secondary N) is 1. The molecule has 2 saturated heterocycles. The summed E-state index contributed by atoms with van der Waals surface area (Å²) in [6.07, 6.45) is 6.80. The van der Waals surface area contributed by atoms with E-state index in [4.69, 9.17) is 4.74 Å². The third-order valence-corrected chi connectivity index (χ3v) is 6.27. The molecule has 1 aliphatic carbocycles. The lowest BCUT2D eigenvalue weighted by Gasteiger charge is -2.41. The second kappa shape index (κ2) is 8.40. The molecule has 3 aliphatic rings. The van der Waals surface area contributed by atoms with E-state index in [2.05, 4.69) is 27.2 Å². The summed E-state index contributed by atoms with van der Waals surface area (Å²) in [5.74, 6) is 1.84. The van der Waals surface area contributed by atoms with Crippen molar-refractivity contribution in [2.45, 2.75) is 32.1 Å². The number of likely N-dealkylation sites (tertiary alicyclic amines) is 1. The molecular weight excluding hydrogens is 326 g/mol. The van der Waals surface area contributed by atoms with Crippen molar-refractivity contribution in [2.24, 2.45) is 11.8 Å². The maximum absolute atomic E-state index is 12.4. The number of ether oxygens (including phenoxy) is 1. The van der Waals surface area contributed by atoms with Crippen molar-refractivity contribution in [3.63, 3.8) is 0 Å². The molecule has 1 N–H and O–H groups in total. The van der Waals surface area contributed by atoms with Crippen LogP contribution in [0, 0.1) is 11.8 Å². The molecule has 1 saturated carbocycles. The van der Waals surface area contributed by atoms with Crippen molar-refractivity contribution >= 4 is 17.3 Å². The Bertz CT molecular complexity index is 598. The molecule has 4 rings (SSSR count). The van der Waals surface area contributed by atoms with Crippen LogP contribution < -0.4 is 10.2 Å². The monoisotopic (exact) mass is 357 g/mol. The molecule has 5 nitrogen and oxygen atoms in total. The van der Waals surface area contributed by atoms with E-state index in [0.717, 1.165) is 56.9 Å². The number of morpholine rings is 1. The maximum Gasteiger partial charge on any atom is 0.238 e. The van der Waals surface area contributed by atoms with Crippen molar-refractivity contribution in [2.75, 3.05) is 56.2 Å². The van der Waals surface area contributed by atoms with Crippen LogP contribution >= 0.6 is 0 Å². The van der Waals surface area contributed by atoms with E-state index >= 15 is 0 Å². The van der Waals surface area contributed by atoms with Gasteiger partial charge in [-0.1, -0.05) is 19.3 Å². The number of hydrogen-bond acceptors (Lipinski definition) is 4. The zero-order chi connectivity index (χ0) is 17.8. The smallest absolute Gasteiger partial charge is 0.238 e. The second-order valence-corrected chi connectivity index (χ2v) is 8.02. The Morgan fingerprint density at radius 3 is 2.50 bits per heavy atom. The Hall–Kier alpha value is -1.59. The Balaban J connectivity index is 1.26. The molecule has 0 radical (unpaired) electrons. The Labute approximate surface area is 156 Å². The molecule has 142 valence electrons. The maximum atomic E-state index is 12.4. The van der Waals surface area contributed by atoms with Gasteiger partial charge in [0.15, 0.2) is 0 Å². The lowest BCUT2D eigenvalue weighted by Crippen LogP contribution is -2.44. The van der Waals surface area contributed by atoms with Crippen molar-refractivity contribution in [1.29, 1.82) is 0 Å². The number of amides is 1. The molecule has 0 bridgehead atoms. The number of carbonyl (C=O) groups is 1. The van der Waals surface area contributed by atoms with Gasteiger partial charge in [0.25, 0.3) is 0 Å². The van der Waals surface area contributed by atoms with Crippen LogP contribution in [0.15, 0.2) is 24.3 Å². The highest BCUT2D eigenvalue weighted by atomic mass is 16.5. The number of fused-ring (bicyclic) bond motifs is 1. The molecule has 1 amide bonds. The van der Waals surface area contributed by atoms with Crippen LogP contribution in [0.4, 0.5) is 11.4 Å². The van der Waals surface area contributed by atoms with Crippen molar-refractivity contribution < 1.29 is 9.53 Å². The van der Waals surface area contributed by atoms with Gasteiger partial charge < -0.3 is 15.0 Å². The first-order valence-corrected chi connectivity index (χ1v) is 10.2. The number of rotatable bonds is 4. The molecule has 5 heteroatoms. The Morgan fingerprint density at radius 2 is 1.73 bits per heavy atom. The summed E-state index contributed by atoms with van der Waals surface area (Å²) in [7, 11) is 0. The van der Waals surface area contributed by atoms with Crippen molar-refractivity contribution in [3.05, 3.63) is 24.3 Å². The third-order valence-electron chi connectivity index (χ3n) is 6.27. The fraction of sp³-hybridized carbons (Fsp3) is 0.667. The SMILES string of the molecule is O=C(CN1CC[C@@H]2CCCC[C@@H]2C1)Nc1ccc(N2CCOCC2)cc1. The van der Waals surface area contributed by atoms with Gasteiger partial charge in [-0.05, 0) is 55.5 Å². The van der Waals surface area contributed by atoms with E-state index in [1.807, 2.05) is 12.1 Å². The molecule has 26 heavy (non-hydrogen) atoms. The van der Waals surface area contributed by atoms with Gasteiger partial charge in [-0.15, -0.1) is 0 Å². The van der Waals surface area contributed by atoms with Crippen LogP contribution in [0.2, 0.25) is 0 Å². The third kappa shape index (κ3) is 4.38. The van der Waals surface area contributed by atoms with Gasteiger partial charge in [0.1, 0.15) is 0 Å². The minimum absolute atomic E-state index is 0.110. The van der Waals surface area contributed by atoms with E-state index in [0.29, 0.717) is 6.54 Å². The molecule has 1 aromatic rings. The van der Waals surface area contributed by atoms with E-state index in [-0.39, 0.29) is 5.91 Å². The van der Waals surface area contributed by atoms with Crippen LogP contribution in [0.5, 0.6) is 0 Å². The minimum atomic E-state index is 0.110. The summed E-state index contributed by atoms with van der Waals surface area (Å²) < 4.78 is 5.40. The van der Waals surface area contributed by atoms with Crippen LogP contribution in [0.3, 0.4) is 0 Å².